The lowest BCUT2D eigenvalue weighted by atomic mass is 9.85. The molecular weight excluding hydrogens is 416 g/mol. The molecule has 0 radical (unpaired) electrons. The molecule has 0 saturated heterocycles. The zero-order valence-corrected chi connectivity index (χ0v) is 19.4. The summed E-state index contributed by atoms with van der Waals surface area (Å²) < 4.78 is 10.7. The van der Waals surface area contributed by atoms with Crippen LogP contribution in [0, 0.1) is 0 Å². The average molecular weight is 445 g/mol. The lowest BCUT2D eigenvalue weighted by molar-refractivity contribution is 0.0775. The number of benzene rings is 2. The van der Waals surface area contributed by atoms with Gasteiger partial charge in [-0.3, -0.25) is 14.6 Å². The molecule has 2 heterocycles. The van der Waals surface area contributed by atoms with Crippen molar-refractivity contribution in [2.75, 3.05) is 14.2 Å². The second kappa shape index (κ2) is 9.06. The Kier molecular flexibility index (Phi) is 6.18. The van der Waals surface area contributed by atoms with E-state index in [1.165, 1.54) is 5.56 Å². The van der Waals surface area contributed by atoms with Crippen LogP contribution in [0.1, 0.15) is 57.9 Å². The van der Waals surface area contributed by atoms with Crippen LogP contribution in [0.4, 0.5) is 0 Å². The molecule has 2 aromatic carbocycles. The van der Waals surface area contributed by atoms with Gasteiger partial charge in [0.1, 0.15) is 11.5 Å². The van der Waals surface area contributed by atoms with Gasteiger partial charge in [-0.1, -0.05) is 18.2 Å². The fourth-order valence-corrected chi connectivity index (χ4v) is 4.15. The molecule has 1 amide bonds. The van der Waals surface area contributed by atoms with Crippen molar-refractivity contribution in [1.29, 1.82) is 0 Å². The fourth-order valence-electron chi connectivity index (χ4n) is 4.15. The van der Waals surface area contributed by atoms with E-state index in [0.717, 1.165) is 23.4 Å². The number of nitrogens with zero attached hydrogens (tertiary/aromatic N) is 2. The van der Waals surface area contributed by atoms with Crippen molar-refractivity contribution >= 4 is 17.4 Å². The molecule has 0 fully saturated rings. The number of methoxy groups -OCH3 is 1. The van der Waals surface area contributed by atoms with Gasteiger partial charge in [-0.15, -0.1) is 0 Å². The van der Waals surface area contributed by atoms with Crippen LogP contribution in [-0.4, -0.2) is 42.0 Å². The van der Waals surface area contributed by atoms with Crippen molar-refractivity contribution in [3.63, 3.8) is 0 Å². The smallest absolute Gasteiger partial charge is 0.254 e. The summed E-state index contributed by atoms with van der Waals surface area (Å²) in [7, 11) is 3.35. The topological polar surface area (TPSA) is 72.1 Å². The summed E-state index contributed by atoms with van der Waals surface area (Å²) in [6, 6.07) is 16.4. The Hall–Kier alpha value is -3.67. The van der Waals surface area contributed by atoms with Crippen molar-refractivity contribution in [3.8, 4) is 5.75 Å². The maximum absolute atomic E-state index is 13.1. The van der Waals surface area contributed by atoms with E-state index in [0.29, 0.717) is 23.4 Å². The van der Waals surface area contributed by atoms with Crippen LogP contribution >= 0.6 is 0 Å². The van der Waals surface area contributed by atoms with Crippen LogP contribution in [0.25, 0.3) is 0 Å². The third-order valence-electron chi connectivity index (χ3n) is 5.79. The Bertz CT molecular complexity index is 1190. The largest absolute Gasteiger partial charge is 0.497 e. The summed E-state index contributed by atoms with van der Waals surface area (Å²) in [5, 5.41) is 0. The molecule has 0 unspecified atom stereocenters. The number of amides is 1. The van der Waals surface area contributed by atoms with Gasteiger partial charge in [0, 0.05) is 23.7 Å². The fraction of sp³-hybridized carbons (Fsp3) is 0.296. The average Bonchev–Trinajstić information content (AvgIpc) is 3.30. The number of furan rings is 1. The normalized spacial score (nSPS) is 14.2. The maximum Gasteiger partial charge on any atom is 0.254 e. The van der Waals surface area contributed by atoms with Crippen molar-refractivity contribution in [2.45, 2.75) is 38.8 Å². The molecule has 0 N–H and O–H groups in total. The molecule has 1 aliphatic rings. The molecule has 4 rings (SSSR count). The molecular formula is C27H28N2O4. The first-order valence-corrected chi connectivity index (χ1v) is 10.9. The Morgan fingerprint density at radius 2 is 1.82 bits per heavy atom. The van der Waals surface area contributed by atoms with Crippen molar-refractivity contribution in [2.24, 2.45) is 4.99 Å². The minimum absolute atomic E-state index is 0.0387. The van der Waals surface area contributed by atoms with Gasteiger partial charge < -0.3 is 14.1 Å². The highest BCUT2D eigenvalue weighted by Crippen LogP contribution is 2.31. The highest BCUT2D eigenvalue weighted by atomic mass is 16.5. The summed E-state index contributed by atoms with van der Waals surface area (Å²) in [6.07, 6.45) is 2.59. The maximum atomic E-state index is 13.1. The van der Waals surface area contributed by atoms with Crippen LogP contribution in [0.5, 0.6) is 5.75 Å². The summed E-state index contributed by atoms with van der Waals surface area (Å²) in [6.45, 7) is 4.53. The summed E-state index contributed by atoms with van der Waals surface area (Å²) in [4.78, 5) is 32.3. The number of ketones is 1. The minimum Gasteiger partial charge on any atom is -0.497 e. The van der Waals surface area contributed by atoms with E-state index in [1.54, 1.807) is 55.7 Å². The van der Waals surface area contributed by atoms with Crippen LogP contribution in [0.3, 0.4) is 0 Å². The van der Waals surface area contributed by atoms with Crippen molar-refractivity contribution < 1.29 is 18.7 Å². The molecule has 0 spiro atoms. The lowest BCUT2D eigenvalue weighted by Crippen LogP contribution is -2.30. The van der Waals surface area contributed by atoms with Gasteiger partial charge in [0.25, 0.3) is 5.91 Å². The first-order valence-electron chi connectivity index (χ1n) is 10.9. The molecule has 0 bridgehead atoms. The molecule has 0 atom stereocenters. The van der Waals surface area contributed by atoms with Crippen LogP contribution in [0.2, 0.25) is 0 Å². The zero-order chi connectivity index (χ0) is 23.6. The third-order valence-corrected chi connectivity index (χ3v) is 5.79. The van der Waals surface area contributed by atoms with E-state index >= 15 is 0 Å². The molecule has 1 aromatic heterocycles. The van der Waals surface area contributed by atoms with Gasteiger partial charge >= 0.3 is 0 Å². The van der Waals surface area contributed by atoms with Gasteiger partial charge in [0.15, 0.2) is 5.78 Å². The van der Waals surface area contributed by atoms with Gasteiger partial charge in [0.05, 0.1) is 37.6 Å². The summed E-state index contributed by atoms with van der Waals surface area (Å²) in [5.41, 5.74) is 3.70. The predicted octanol–water partition coefficient (Wildman–Crippen LogP) is 4.96. The van der Waals surface area contributed by atoms with Crippen molar-refractivity contribution in [1.82, 2.24) is 4.90 Å². The molecule has 3 aromatic rings. The van der Waals surface area contributed by atoms with Crippen LogP contribution in [-0.2, 0) is 13.0 Å². The molecule has 0 aliphatic carbocycles. The number of fused-ring (bicyclic) bond motifs is 1. The first-order chi connectivity index (χ1) is 15.8. The Morgan fingerprint density at radius 3 is 2.48 bits per heavy atom. The number of carbonyl (C=O) groups excluding carboxylic acids is 2. The van der Waals surface area contributed by atoms with E-state index in [1.807, 2.05) is 18.2 Å². The Morgan fingerprint density at radius 1 is 1.09 bits per heavy atom. The van der Waals surface area contributed by atoms with E-state index in [4.69, 9.17) is 14.1 Å². The Balaban J connectivity index is 1.50. The number of rotatable bonds is 7. The minimum atomic E-state index is -0.272. The van der Waals surface area contributed by atoms with Crippen molar-refractivity contribution in [3.05, 3.63) is 88.9 Å². The molecule has 6 nitrogen and oxygen atoms in total. The van der Waals surface area contributed by atoms with E-state index in [9.17, 15) is 9.59 Å². The zero-order valence-electron chi connectivity index (χ0n) is 19.4. The van der Waals surface area contributed by atoms with Crippen LogP contribution < -0.4 is 4.74 Å². The third kappa shape index (κ3) is 5.06. The van der Waals surface area contributed by atoms with Gasteiger partial charge in [0.2, 0.25) is 0 Å². The summed E-state index contributed by atoms with van der Waals surface area (Å²) in [5.74, 6) is 1.29. The number of hydrogen-bond donors (Lipinski definition) is 0. The Labute approximate surface area is 193 Å². The first kappa shape index (κ1) is 22.5. The molecule has 170 valence electrons. The summed E-state index contributed by atoms with van der Waals surface area (Å²) >= 11 is 0. The molecule has 33 heavy (non-hydrogen) atoms. The molecule has 0 saturated carbocycles. The SMILES string of the molecule is COc1ccc2c(c1)C(CC(=O)c1ccc(C(=O)N(C)Cc3ccco3)cc1)=NC(C)(C)C2. The number of hydrogen-bond acceptors (Lipinski definition) is 5. The quantitative estimate of drug-likeness (QED) is 0.483. The number of carbonyl (C=O) groups is 2. The highest BCUT2D eigenvalue weighted by molar-refractivity contribution is 6.17. The number of Topliss-reactive ketones (excluding diaryl/α,β-unsaturated/α-hetero) is 1. The van der Waals surface area contributed by atoms with E-state index in [-0.39, 0.29) is 23.7 Å². The van der Waals surface area contributed by atoms with Gasteiger partial charge in [-0.05, 0) is 62.2 Å². The standard InChI is InChI=1S/C27H28N2O4/c1-27(2)16-20-11-12-21(32-4)14-23(20)24(28-27)15-25(30)18-7-9-19(10-8-18)26(31)29(3)17-22-6-5-13-33-22/h5-14H,15-17H2,1-4H3. The van der Waals surface area contributed by atoms with Gasteiger partial charge in [-0.25, -0.2) is 0 Å². The predicted molar refractivity (Wildman–Crippen MR) is 127 cm³/mol. The number of ether oxygens (including phenoxy) is 1. The second-order valence-corrected chi connectivity index (χ2v) is 8.99. The highest BCUT2D eigenvalue weighted by Gasteiger charge is 2.28. The number of aliphatic imine (C=N–C) groups is 1. The molecule has 6 heteroatoms. The van der Waals surface area contributed by atoms with Gasteiger partial charge in [-0.2, -0.15) is 0 Å². The van der Waals surface area contributed by atoms with E-state index < -0.39 is 0 Å². The van der Waals surface area contributed by atoms with Crippen LogP contribution in [0.15, 0.2) is 70.3 Å². The second-order valence-electron chi connectivity index (χ2n) is 8.99. The van der Waals surface area contributed by atoms with E-state index in [2.05, 4.69) is 19.9 Å². The lowest BCUT2D eigenvalue weighted by Gasteiger charge is -2.29. The molecule has 1 aliphatic heterocycles. The monoisotopic (exact) mass is 444 g/mol.